The molecule has 0 unspecified atom stereocenters. The van der Waals surface area contributed by atoms with E-state index >= 15 is 0 Å². The Kier molecular flexibility index (Phi) is 4.17. The lowest BCUT2D eigenvalue weighted by Gasteiger charge is -2.30. The lowest BCUT2D eigenvalue weighted by atomic mass is 9.99. The average Bonchev–Trinajstić information content (AvgIpc) is 2.41. The normalized spacial score (nSPS) is 18.7. The molecule has 0 aromatic heterocycles. The summed E-state index contributed by atoms with van der Waals surface area (Å²) in [5.41, 5.74) is 5.55. The molecule has 1 heterocycles. The summed E-state index contributed by atoms with van der Waals surface area (Å²) in [6, 6.07) is 2.64. The van der Waals surface area contributed by atoms with Crippen LogP contribution in [0.15, 0.2) is 23.1 Å². The molecule has 1 aliphatic heterocycles. The highest BCUT2D eigenvalue weighted by Gasteiger charge is 2.29. The second-order valence-electron chi connectivity index (χ2n) is 4.66. The first-order valence-corrected chi connectivity index (χ1v) is 7.54. The molecule has 4 nitrogen and oxygen atoms in total. The van der Waals surface area contributed by atoms with Crippen molar-refractivity contribution in [2.75, 3.05) is 19.6 Å². The third-order valence-electron chi connectivity index (χ3n) is 3.44. The number of benzene rings is 1. The predicted molar refractivity (Wildman–Crippen MR) is 66.9 cm³/mol. The maximum absolute atomic E-state index is 13.1. The first-order valence-electron chi connectivity index (χ1n) is 6.10. The molecule has 0 aliphatic carbocycles. The molecule has 1 aromatic rings. The van der Waals surface area contributed by atoms with E-state index < -0.39 is 21.7 Å². The van der Waals surface area contributed by atoms with E-state index in [1.54, 1.807) is 0 Å². The minimum atomic E-state index is -3.75. The van der Waals surface area contributed by atoms with Crippen molar-refractivity contribution >= 4 is 10.0 Å². The van der Waals surface area contributed by atoms with Crippen molar-refractivity contribution in [3.8, 4) is 0 Å². The Morgan fingerprint density at radius 2 is 1.84 bits per heavy atom. The standard InChI is InChI=1S/C12H16F2N2O2S/c13-11-2-1-10(7-12(11)14)19(17,18)16-5-3-9(8-15)4-6-16/h1-2,7,9H,3-6,8,15H2. The van der Waals surface area contributed by atoms with Crippen LogP contribution in [0.3, 0.4) is 0 Å². The van der Waals surface area contributed by atoms with Crippen molar-refractivity contribution in [3.05, 3.63) is 29.8 Å². The van der Waals surface area contributed by atoms with Crippen LogP contribution in [0, 0.1) is 17.6 Å². The van der Waals surface area contributed by atoms with Gasteiger partial charge in [0.1, 0.15) is 0 Å². The molecule has 19 heavy (non-hydrogen) atoms. The molecule has 1 aliphatic rings. The third kappa shape index (κ3) is 2.93. The van der Waals surface area contributed by atoms with E-state index in [9.17, 15) is 17.2 Å². The molecule has 0 amide bonds. The highest BCUT2D eigenvalue weighted by atomic mass is 32.2. The van der Waals surface area contributed by atoms with Crippen molar-refractivity contribution in [3.63, 3.8) is 0 Å². The van der Waals surface area contributed by atoms with Gasteiger partial charge in [0.25, 0.3) is 0 Å². The van der Waals surface area contributed by atoms with E-state index in [1.165, 1.54) is 4.31 Å². The smallest absolute Gasteiger partial charge is 0.243 e. The second-order valence-corrected chi connectivity index (χ2v) is 6.60. The number of rotatable bonds is 3. The van der Waals surface area contributed by atoms with Crippen LogP contribution in [0.4, 0.5) is 8.78 Å². The Hall–Kier alpha value is -1.05. The number of halogens is 2. The molecule has 0 radical (unpaired) electrons. The summed E-state index contributed by atoms with van der Waals surface area (Å²) >= 11 is 0. The van der Waals surface area contributed by atoms with Crippen molar-refractivity contribution in [1.29, 1.82) is 0 Å². The molecular formula is C12H16F2N2O2S. The van der Waals surface area contributed by atoms with Gasteiger partial charge in [0.05, 0.1) is 4.90 Å². The highest BCUT2D eigenvalue weighted by molar-refractivity contribution is 7.89. The quantitative estimate of drug-likeness (QED) is 0.913. The summed E-state index contributed by atoms with van der Waals surface area (Å²) in [4.78, 5) is -0.211. The summed E-state index contributed by atoms with van der Waals surface area (Å²) in [5, 5.41) is 0. The Morgan fingerprint density at radius 3 is 2.37 bits per heavy atom. The monoisotopic (exact) mass is 290 g/mol. The van der Waals surface area contributed by atoms with Crippen LogP contribution in [-0.4, -0.2) is 32.4 Å². The number of hydrogen-bond donors (Lipinski definition) is 1. The topological polar surface area (TPSA) is 63.4 Å². The van der Waals surface area contributed by atoms with Crippen LogP contribution in [-0.2, 0) is 10.0 Å². The lowest BCUT2D eigenvalue weighted by molar-refractivity contribution is 0.278. The molecule has 1 aromatic carbocycles. The van der Waals surface area contributed by atoms with Gasteiger partial charge in [-0.05, 0) is 43.5 Å². The largest absolute Gasteiger partial charge is 0.330 e. The van der Waals surface area contributed by atoms with E-state index in [0.717, 1.165) is 18.2 Å². The SMILES string of the molecule is NCC1CCN(S(=O)(=O)c2ccc(F)c(F)c2)CC1. The van der Waals surface area contributed by atoms with E-state index in [1.807, 2.05) is 0 Å². The van der Waals surface area contributed by atoms with Crippen molar-refractivity contribution < 1.29 is 17.2 Å². The molecule has 0 bridgehead atoms. The molecule has 1 saturated heterocycles. The average molecular weight is 290 g/mol. The van der Waals surface area contributed by atoms with Gasteiger partial charge in [0.2, 0.25) is 10.0 Å². The number of nitrogens with two attached hydrogens (primary N) is 1. The van der Waals surface area contributed by atoms with Gasteiger partial charge in [-0.2, -0.15) is 4.31 Å². The number of hydrogen-bond acceptors (Lipinski definition) is 3. The van der Waals surface area contributed by atoms with Gasteiger partial charge in [-0.25, -0.2) is 17.2 Å². The van der Waals surface area contributed by atoms with Crippen LogP contribution in [0.25, 0.3) is 0 Å². The Balaban J connectivity index is 2.21. The number of piperidine rings is 1. The van der Waals surface area contributed by atoms with Crippen molar-refractivity contribution in [1.82, 2.24) is 4.31 Å². The fourth-order valence-electron chi connectivity index (χ4n) is 2.17. The number of sulfonamides is 1. The molecule has 0 spiro atoms. The van der Waals surface area contributed by atoms with Gasteiger partial charge in [-0.15, -0.1) is 0 Å². The predicted octanol–water partition coefficient (Wildman–Crippen LogP) is 1.32. The van der Waals surface area contributed by atoms with E-state index in [2.05, 4.69) is 0 Å². The first kappa shape index (κ1) is 14.4. The molecule has 2 rings (SSSR count). The van der Waals surface area contributed by atoms with Crippen LogP contribution in [0.2, 0.25) is 0 Å². The van der Waals surface area contributed by atoms with Gasteiger partial charge in [-0.1, -0.05) is 0 Å². The number of nitrogens with zero attached hydrogens (tertiary/aromatic N) is 1. The highest BCUT2D eigenvalue weighted by Crippen LogP contribution is 2.24. The van der Waals surface area contributed by atoms with E-state index in [0.29, 0.717) is 38.4 Å². The minimum Gasteiger partial charge on any atom is -0.330 e. The zero-order valence-corrected chi connectivity index (χ0v) is 11.2. The molecule has 2 N–H and O–H groups in total. The fourth-order valence-corrected chi connectivity index (χ4v) is 3.65. The molecule has 106 valence electrons. The maximum atomic E-state index is 13.1. The van der Waals surface area contributed by atoms with Gasteiger partial charge in [0, 0.05) is 13.1 Å². The minimum absolute atomic E-state index is 0.211. The van der Waals surface area contributed by atoms with Crippen LogP contribution in [0.5, 0.6) is 0 Å². The van der Waals surface area contributed by atoms with Gasteiger partial charge in [0.15, 0.2) is 11.6 Å². The molecule has 1 fully saturated rings. The van der Waals surface area contributed by atoms with Crippen LogP contribution in [0.1, 0.15) is 12.8 Å². The van der Waals surface area contributed by atoms with Crippen molar-refractivity contribution in [2.45, 2.75) is 17.7 Å². The van der Waals surface area contributed by atoms with E-state index in [4.69, 9.17) is 5.73 Å². The van der Waals surface area contributed by atoms with E-state index in [-0.39, 0.29) is 4.90 Å². The fraction of sp³-hybridized carbons (Fsp3) is 0.500. The summed E-state index contributed by atoms with van der Waals surface area (Å²) in [6.45, 7) is 1.27. The van der Waals surface area contributed by atoms with Crippen LogP contribution < -0.4 is 5.73 Å². The molecule has 0 saturated carbocycles. The zero-order chi connectivity index (χ0) is 14.0. The van der Waals surface area contributed by atoms with Crippen molar-refractivity contribution in [2.24, 2.45) is 11.7 Å². The Labute approximate surface area is 111 Å². The Morgan fingerprint density at radius 1 is 1.21 bits per heavy atom. The lowest BCUT2D eigenvalue weighted by Crippen LogP contribution is -2.40. The summed E-state index contributed by atoms with van der Waals surface area (Å²) in [5.74, 6) is -1.88. The van der Waals surface area contributed by atoms with Crippen LogP contribution >= 0.6 is 0 Å². The maximum Gasteiger partial charge on any atom is 0.243 e. The first-order chi connectivity index (χ1) is 8.95. The second kappa shape index (κ2) is 5.52. The summed E-state index contributed by atoms with van der Waals surface area (Å²) in [6.07, 6.45) is 1.39. The summed E-state index contributed by atoms with van der Waals surface area (Å²) in [7, 11) is -3.75. The van der Waals surface area contributed by atoms with Gasteiger partial charge in [-0.3, -0.25) is 0 Å². The third-order valence-corrected chi connectivity index (χ3v) is 5.33. The van der Waals surface area contributed by atoms with Gasteiger partial charge >= 0.3 is 0 Å². The Bertz CT molecular complexity index is 555. The molecular weight excluding hydrogens is 274 g/mol. The zero-order valence-electron chi connectivity index (χ0n) is 10.4. The summed E-state index contributed by atoms with van der Waals surface area (Å²) < 4.78 is 51.7. The van der Waals surface area contributed by atoms with Gasteiger partial charge < -0.3 is 5.73 Å². The molecule has 7 heteroatoms. The molecule has 0 atom stereocenters.